The molecular formula is C20H31NO. The number of piperidine rings is 1. The van der Waals surface area contributed by atoms with Crippen LogP contribution in [0.2, 0.25) is 0 Å². The third kappa shape index (κ3) is 2.05. The average molecular weight is 301 g/mol. The van der Waals surface area contributed by atoms with Crippen molar-refractivity contribution in [1.29, 1.82) is 0 Å². The summed E-state index contributed by atoms with van der Waals surface area (Å²) in [6.45, 7) is 1.09. The summed E-state index contributed by atoms with van der Waals surface area (Å²) >= 11 is 0. The zero-order valence-electron chi connectivity index (χ0n) is 13.9. The molecule has 2 nitrogen and oxygen atoms in total. The zero-order chi connectivity index (χ0) is 14.7. The molecule has 3 atom stereocenters. The summed E-state index contributed by atoms with van der Waals surface area (Å²) in [4.78, 5) is 13.6. The van der Waals surface area contributed by atoms with Crippen molar-refractivity contribution in [3.8, 4) is 0 Å². The molecule has 6 fully saturated rings. The molecule has 0 aromatic carbocycles. The lowest BCUT2D eigenvalue weighted by Gasteiger charge is -2.57. The third-order valence-electron chi connectivity index (χ3n) is 8.12. The van der Waals surface area contributed by atoms with Crippen LogP contribution in [0.15, 0.2) is 0 Å². The van der Waals surface area contributed by atoms with E-state index in [1.807, 2.05) is 0 Å². The molecule has 6 aliphatic rings. The first-order chi connectivity index (χ1) is 10.7. The lowest BCUT2D eigenvalue weighted by Crippen LogP contribution is -2.59. The van der Waals surface area contributed by atoms with Crippen LogP contribution < -0.4 is 5.32 Å². The lowest BCUT2D eigenvalue weighted by atomic mass is 9.47. The van der Waals surface area contributed by atoms with Gasteiger partial charge in [0.2, 0.25) is 0 Å². The molecule has 0 amide bonds. The number of ketones is 1. The van der Waals surface area contributed by atoms with Gasteiger partial charge in [0.15, 0.2) is 5.78 Å². The number of Topliss-reactive ketones (excluding diaryl/α,β-unsaturated/α-hetero) is 1. The minimum atomic E-state index is 0.103. The summed E-state index contributed by atoms with van der Waals surface area (Å²) in [6, 6.07) is 0.218. The Bertz CT molecular complexity index is 433. The van der Waals surface area contributed by atoms with Crippen molar-refractivity contribution >= 4 is 5.78 Å². The second kappa shape index (κ2) is 5.06. The molecule has 0 radical (unpaired) electrons. The van der Waals surface area contributed by atoms with Gasteiger partial charge in [-0.05, 0) is 87.5 Å². The summed E-state index contributed by atoms with van der Waals surface area (Å²) < 4.78 is 0. The van der Waals surface area contributed by atoms with E-state index in [9.17, 15) is 4.79 Å². The van der Waals surface area contributed by atoms with Gasteiger partial charge in [-0.15, -0.1) is 0 Å². The van der Waals surface area contributed by atoms with Crippen LogP contribution in [0, 0.1) is 35.0 Å². The molecule has 3 unspecified atom stereocenters. The second-order valence-electron chi connectivity index (χ2n) is 9.49. The van der Waals surface area contributed by atoms with E-state index >= 15 is 0 Å². The maximum absolute atomic E-state index is 13.6. The molecule has 1 saturated heterocycles. The molecule has 5 saturated carbocycles. The highest BCUT2D eigenvalue weighted by atomic mass is 16.1. The Morgan fingerprint density at radius 2 is 1.50 bits per heavy atom. The maximum Gasteiger partial charge on any atom is 0.156 e. The van der Waals surface area contributed by atoms with E-state index in [0.29, 0.717) is 11.7 Å². The molecule has 1 N–H and O–H groups in total. The smallest absolute Gasteiger partial charge is 0.156 e. The van der Waals surface area contributed by atoms with Gasteiger partial charge in [-0.1, -0.05) is 19.3 Å². The summed E-state index contributed by atoms with van der Waals surface area (Å²) in [6.07, 6.45) is 14.8. The van der Waals surface area contributed by atoms with Crippen LogP contribution in [0.5, 0.6) is 0 Å². The summed E-state index contributed by atoms with van der Waals surface area (Å²) in [5.41, 5.74) is 0.103. The summed E-state index contributed by atoms with van der Waals surface area (Å²) in [7, 11) is 0. The quantitative estimate of drug-likeness (QED) is 0.837. The van der Waals surface area contributed by atoms with Gasteiger partial charge in [0, 0.05) is 5.41 Å². The Balaban J connectivity index is 1.41. The van der Waals surface area contributed by atoms with E-state index < -0.39 is 0 Å². The van der Waals surface area contributed by atoms with Gasteiger partial charge in [0.1, 0.15) is 0 Å². The Kier molecular flexibility index (Phi) is 3.22. The Labute approximate surface area is 134 Å². The van der Waals surface area contributed by atoms with Gasteiger partial charge in [-0.2, -0.15) is 0 Å². The van der Waals surface area contributed by atoms with E-state index in [1.54, 1.807) is 0 Å². The predicted octanol–water partition coefficient (Wildman–Crippen LogP) is 3.94. The van der Waals surface area contributed by atoms with Crippen LogP contribution in [0.4, 0.5) is 0 Å². The number of rotatable bonds is 2. The topological polar surface area (TPSA) is 29.1 Å². The Hall–Kier alpha value is -0.370. The Morgan fingerprint density at radius 1 is 0.864 bits per heavy atom. The fourth-order valence-electron chi connectivity index (χ4n) is 7.64. The standard InChI is InChI=1S/C20H31NO/c22-19(18-17-4-2-1-3-16(17)5-6-21-18)20-10-13-7-14(11-20)9-15(8-13)12-20/h13-18,21H,1-12H2. The lowest BCUT2D eigenvalue weighted by molar-refractivity contribution is -0.149. The number of hydrogen-bond acceptors (Lipinski definition) is 2. The van der Waals surface area contributed by atoms with Gasteiger partial charge in [0.05, 0.1) is 6.04 Å². The van der Waals surface area contributed by atoms with E-state index in [0.717, 1.165) is 30.2 Å². The van der Waals surface area contributed by atoms with Crippen molar-refractivity contribution in [2.45, 2.75) is 76.7 Å². The Morgan fingerprint density at radius 3 is 2.18 bits per heavy atom. The second-order valence-corrected chi connectivity index (χ2v) is 9.49. The number of carbonyl (C=O) groups excluding carboxylic acids is 1. The molecule has 6 rings (SSSR count). The van der Waals surface area contributed by atoms with Gasteiger partial charge < -0.3 is 5.32 Å². The predicted molar refractivity (Wildman–Crippen MR) is 87.5 cm³/mol. The molecule has 0 aromatic rings. The fraction of sp³-hybridized carbons (Fsp3) is 0.950. The minimum Gasteiger partial charge on any atom is -0.307 e. The van der Waals surface area contributed by atoms with Crippen LogP contribution >= 0.6 is 0 Å². The van der Waals surface area contributed by atoms with Crippen LogP contribution in [0.3, 0.4) is 0 Å². The number of hydrogen-bond donors (Lipinski definition) is 1. The van der Waals surface area contributed by atoms with E-state index in [2.05, 4.69) is 5.32 Å². The highest BCUT2D eigenvalue weighted by molar-refractivity contribution is 5.90. The molecule has 2 heteroatoms. The fourth-order valence-corrected chi connectivity index (χ4v) is 7.64. The van der Waals surface area contributed by atoms with Gasteiger partial charge in [-0.3, -0.25) is 4.79 Å². The van der Waals surface area contributed by atoms with Crippen molar-refractivity contribution in [3.63, 3.8) is 0 Å². The number of fused-ring (bicyclic) bond motifs is 1. The molecule has 4 bridgehead atoms. The first-order valence-electron chi connectivity index (χ1n) is 10.0. The van der Waals surface area contributed by atoms with Crippen molar-refractivity contribution in [2.24, 2.45) is 35.0 Å². The van der Waals surface area contributed by atoms with Crippen molar-refractivity contribution in [2.75, 3.05) is 6.54 Å². The van der Waals surface area contributed by atoms with Crippen LogP contribution in [-0.4, -0.2) is 18.4 Å². The van der Waals surface area contributed by atoms with Crippen molar-refractivity contribution in [3.05, 3.63) is 0 Å². The van der Waals surface area contributed by atoms with Crippen LogP contribution in [0.1, 0.15) is 70.6 Å². The summed E-state index contributed by atoms with van der Waals surface area (Å²) in [5, 5.41) is 3.69. The maximum atomic E-state index is 13.6. The van der Waals surface area contributed by atoms with Gasteiger partial charge in [-0.25, -0.2) is 0 Å². The molecule has 0 aromatic heterocycles. The molecule has 0 spiro atoms. The van der Waals surface area contributed by atoms with E-state index in [1.165, 1.54) is 70.6 Å². The first kappa shape index (κ1) is 14.0. The molecular weight excluding hydrogens is 270 g/mol. The van der Waals surface area contributed by atoms with Gasteiger partial charge in [0.25, 0.3) is 0 Å². The molecule has 1 aliphatic heterocycles. The van der Waals surface area contributed by atoms with Crippen LogP contribution in [0.25, 0.3) is 0 Å². The van der Waals surface area contributed by atoms with Gasteiger partial charge >= 0.3 is 0 Å². The molecule has 1 heterocycles. The minimum absolute atomic E-state index is 0.103. The monoisotopic (exact) mass is 301 g/mol. The number of carbonyl (C=O) groups is 1. The molecule has 122 valence electrons. The zero-order valence-corrected chi connectivity index (χ0v) is 13.9. The SMILES string of the molecule is O=C(C1NCCC2CCCCC21)C12CC3CC(CC(C3)C1)C2. The number of nitrogens with one attached hydrogen (secondary N) is 1. The highest BCUT2D eigenvalue weighted by Gasteiger charge is 2.56. The van der Waals surface area contributed by atoms with Crippen molar-refractivity contribution in [1.82, 2.24) is 5.32 Å². The first-order valence-corrected chi connectivity index (χ1v) is 10.0. The van der Waals surface area contributed by atoms with Crippen molar-refractivity contribution < 1.29 is 4.79 Å². The highest BCUT2D eigenvalue weighted by Crippen LogP contribution is 2.61. The molecule has 5 aliphatic carbocycles. The normalized spacial score (nSPS) is 53.3. The largest absolute Gasteiger partial charge is 0.307 e. The van der Waals surface area contributed by atoms with Crippen LogP contribution in [-0.2, 0) is 4.79 Å². The third-order valence-corrected chi connectivity index (χ3v) is 8.12. The average Bonchev–Trinajstić information content (AvgIpc) is 2.52. The molecule has 22 heavy (non-hydrogen) atoms. The van der Waals surface area contributed by atoms with E-state index in [4.69, 9.17) is 0 Å². The summed E-state index contributed by atoms with van der Waals surface area (Å²) in [5.74, 6) is 4.85. The van der Waals surface area contributed by atoms with E-state index in [-0.39, 0.29) is 11.5 Å².